The van der Waals surface area contributed by atoms with Crippen LogP contribution in [0, 0.1) is 22.7 Å². The zero-order chi connectivity index (χ0) is 47.1. The first-order valence-electron chi connectivity index (χ1n) is 21.8. The Labute approximate surface area is 387 Å². The number of amides is 1. The van der Waals surface area contributed by atoms with Gasteiger partial charge in [-0.15, -0.1) is 0 Å². The Morgan fingerprint density at radius 2 is 1.41 bits per heavy atom. The molecule has 1 fully saturated rings. The highest BCUT2D eigenvalue weighted by molar-refractivity contribution is 7.44. The highest BCUT2D eigenvalue weighted by atomic mass is 31.2. The Morgan fingerprint density at radius 1 is 0.848 bits per heavy atom. The van der Waals surface area contributed by atoms with E-state index in [1.807, 2.05) is 78.9 Å². The lowest BCUT2D eigenvalue weighted by Crippen LogP contribution is -2.39. The molecule has 1 aromatic heterocycles. The Morgan fingerprint density at radius 3 is 1.97 bits per heavy atom. The monoisotopic (exact) mass is 916 g/mol. The van der Waals surface area contributed by atoms with Crippen LogP contribution in [0.4, 0.5) is 5.82 Å². The average molecular weight is 917 g/mol. The number of hydrogen-bond acceptors (Lipinski definition) is 13. The molecular weight excluding hydrogens is 860 g/mol. The van der Waals surface area contributed by atoms with Crippen LogP contribution in [0.5, 0.6) is 11.5 Å². The lowest BCUT2D eigenvalue weighted by Gasteiger charge is -2.39. The molecule has 5 aromatic rings. The SMILES string of the molecule is COc1ccc(C(OC[C@H]2O[C@@H](n3cc(COCCC#N)c(NC(=O)c4ccccc4)nc3=O)CC2OP(OCCC#N)N(C(C)C)C(C)C)(c2ccccc2)c2ccc(OC)cc2)cc1. The van der Waals surface area contributed by atoms with Crippen molar-refractivity contribution >= 4 is 20.3 Å². The lowest BCUT2D eigenvalue weighted by molar-refractivity contribution is -0.0926. The average Bonchev–Trinajstić information content (AvgIpc) is 3.73. The van der Waals surface area contributed by atoms with Crippen LogP contribution in [0.2, 0.25) is 0 Å². The quantitative estimate of drug-likeness (QED) is 0.0373. The largest absolute Gasteiger partial charge is 0.497 e. The summed E-state index contributed by atoms with van der Waals surface area (Å²) in [5.41, 5.74) is 1.36. The predicted octanol–water partition coefficient (Wildman–Crippen LogP) is 8.90. The van der Waals surface area contributed by atoms with Gasteiger partial charge in [0.15, 0.2) is 0 Å². The fourth-order valence-corrected chi connectivity index (χ4v) is 9.58. The molecule has 0 radical (unpaired) electrons. The first-order chi connectivity index (χ1) is 32.0. The number of nitrogens with zero attached hydrogens (tertiary/aromatic N) is 5. The predicted molar refractivity (Wildman–Crippen MR) is 250 cm³/mol. The van der Waals surface area contributed by atoms with E-state index in [0.717, 1.165) is 16.7 Å². The summed E-state index contributed by atoms with van der Waals surface area (Å²) in [6.45, 7) is 8.42. The Bertz CT molecular complexity index is 2400. The number of nitriles is 2. The normalized spacial score (nSPS) is 16.5. The summed E-state index contributed by atoms with van der Waals surface area (Å²) in [6.07, 6.45) is -0.366. The van der Waals surface area contributed by atoms with Gasteiger partial charge in [0.05, 0.1) is 71.7 Å². The molecule has 1 aliphatic heterocycles. The number of carbonyl (C=O) groups excluding carboxylic acids is 1. The van der Waals surface area contributed by atoms with Crippen molar-refractivity contribution in [3.63, 3.8) is 0 Å². The second kappa shape index (κ2) is 24.0. The maximum atomic E-state index is 14.1. The molecule has 4 atom stereocenters. The number of carbonyl (C=O) groups is 1. The number of anilines is 1. The standard InChI is InChI=1S/C50H57N6O9P/c1-35(2)56(36(3)4)66(63-30-14-28-52)65-44-31-46(55-32-38(33-61-29-13-27-51)47(54-49(55)58)53-48(57)37-15-9-7-10-16-37)64-45(44)34-62-50(39-17-11-8-12-18-39,40-19-23-42(59-5)24-20-40)41-21-25-43(60-6)26-22-41/h7-12,15-26,32,35-36,44-46H,13-14,29-31,33-34H2,1-6H3,(H,53,54,57,58)/t44?,45-,46-,66?/m1/s1. The number of hydrogen-bond donors (Lipinski definition) is 1. The Hall–Kier alpha value is -6.00. The van der Waals surface area contributed by atoms with Gasteiger partial charge in [-0.1, -0.05) is 72.8 Å². The van der Waals surface area contributed by atoms with Gasteiger partial charge in [0.25, 0.3) is 14.4 Å². The summed E-state index contributed by atoms with van der Waals surface area (Å²) in [6, 6.07) is 38.1. The highest BCUT2D eigenvalue weighted by Gasteiger charge is 2.45. The van der Waals surface area contributed by atoms with E-state index in [-0.39, 0.29) is 63.6 Å². The molecule has 6 rings (SSSR count). The number of benzene rings is 4. The maximum absolute atomic E-state index is 14.1. The first-order valence-corrected chi connectivity index (χ1v) is 23.0. The van der Waals surface area contributed by atoms with Gasteiger partial charge in [-0.05, 0) is 80.8 Å². The van der Waals surface area contributed by atoms with E-state index >= 15 is 0 Å². The van der Waals surface area contributed by atoms with E-state index < -0.39 is 44.2 Å². The van der Waals surface area contributed by atoms with Crippen molar-refractivity contribution in [2.24, 2.45) is 0 Å². The van der Waals surface area contributed by atoms with Crippen LogP contribution >= 0.6 is 8.53 Å². The van der Waals surface area contributed by atoms with Gasteiger partial charge in [-0.3, -0.25) is 9.36 Å². The minimum Gasteiger partial charge on any atom is -0.497 e. The van der Waals surface area contributed by atoms with Crippen molar-refractivity contribution < 1.29 is 37.5 Å². The van der Waals surface area contributed by atoms with E-state index in [9.17, 15) is 14.9 Å². The fourth-order valence-electron chi connectivity index (χ4n) is 7.82. The molecule has 1 saturated heterocycles. The number of ether oxygens (including phenoxy) is 5. The second-order valence-electron chi connectivity index (χ2n) is 16.0. The number of aromatic nitrogens is 2. The molecule has 346 valence electrons. The van der Waals surface area contributed by atoms with Crippen molar-refractivity contribution in [2.75, 3.05) is 39.4 Å². The number of rotatable bonds is 23. The molecule has 0 bridgehead atoms. The number of nitrogens with one attached hydrogen (secondary N) is 1. The summed E-state index contributed by atoms with van der Waals surface area (Å²) in [5.74, 6) is 0.921. The Kier molecular flexibility index (Phi) is 18.0. The molecule has 2 heterocycles. The topological polar surface area (TPSA) is 179 Å². The summed E-state index contributed by atoms with van der Waals surface area (Å²) in [4.78, 5) is 31.8. The zero-order valence-electron chi connectivity index (χ0n) is 38.2. The van der Waals surface area contributed by atoms with Gasteiger partial charge >= 0.3 is 5.69 Å². The van der Waals surface area contributed by atoms with Crippen molar-refractivity contribution in [2.45, 2.75) is 89.7 Å². The van der Waals surface area contributed by atoms with E-state index in [1.54, 1.807) is 50.7 Å². The van der Waals surface area contributed by atoms with Crippen LogP contribution in [0.25, 0.3) is 0 Å². The minimum absolute atomic E-state index is 0.0101. The third-order valence-corrected chi connectivity index (χ3v) is 13.1. The minimum atomic E-state index is -1.76. The molecule has 1 aliphatic rings. The molecule has 16 heteroatoms. The molecule has 1 amide bonds. The molecular formula is C50H57N6O9P. The smallest absolute Gasteiger partial charge is 0.351 e. The van der Waals surface area contributed by atoms with Crippen LogP contribution in [0.1, 0.15) is 85.8 Å². The highest BCUT2D eigenvalue weighted by Crippen LogP contribution is 2.51. The van der Waals surface area contributed by atoms with Crippen LogP contribution < -0.4 is 20.5 Å². The maximum Gasteiger partial charge on any atom is 0.351 e. The second-order valence-corrected chi connectivity index (χ2v) is 17.4. The molecule has 0 aliphatic carbocycles. The third kappa shape index (κ3) is 12.1. The van der Waals surface area contributed by atoms with E-state index in [0.29, 0.717) is 22.6 Å². The molecule has 15 nitrogen and oxygen atoms in total. The van der Waals surface area contributed by atoms with Crippen molar-refractivity contribution in [1.29, 1.82) is 10.5 Å². The lowest BCUT2D eigenvalue weighted by atomic mass is 9.80. The van der Waals surface area contributed by atoms with Crippen molar-refractivity contribution in [3.8, 4) is 23.6 Å². The molecule has 0 spiro atoms. The van der Waals surface area contributed by atoms with E-state index in [2.05, 4.69) is 54.8 Å². The number of methoxy groups -OCH3 is 2. The fraction of sp³-hybridized carbons (Fsp3) is 0.380. The van der Waals surface area contributed by atoms with Crippen LogP contribution in [-0.4, -0.2) is 78.5 Å². The van der Waals surface area contributed by atoms with Crippen molar-refractivity contribution in [3.05, 3.63) is 154 Å². The van der Waals surface area contributed by atoms with Crippen molar-refractivity contribution in [1.82, 2.24) is 14.2 Å². The zero-order valence-corrected chi connectivity index (χ0v) is 39.1. The Balaban J connectivity index is 1.44. The van der Waals surface area contributed by atoms with Gasteiger partial charge in [-0.25, -0.2) is 9.46 Å². The van der Waals surface area contributed by atoms with Crippen LogP contribution in [0.15, 0.2) is 120 Å². The third-order valence-electron chi connectivity index (χ3n) is 10.9. The van der Waals surface area contributed by atoms with Gasteiger partial charge in [0.1, 0.15) is 35.2 Å². The van der Waals surface area contributed by atoms with Gasteiger partial charge in [-0.2, -0.15) is 15.5 Å². The van der Waals surface area contributed by atoms with Gasteiger partial charge < -0.3 is 38.0 Å². The summed E-state index contributed by atoms with van der Waals surface area (Å²) < 4.78 is 48.0. The van der Waals surface area contributed by atoms with E-state index in [1.165, 1.54) is 4.57 Å². The van der Waals surface area contributed by atoms with E-state index in [4.69, 9.17) is 38.0 Å². The summed E-state index contributed by atoms with van der Waals surface area (Å²) >= 11 is 0. The summed E-state index contributed by atoms with van der Waals surface area (Å²) in [7, 11) is 1.47. The molecule has 4 aromatic carbocycles. The van der Waals surface area contributed by atoms with Crippen LogP contribution in [0.3, 0.4) is 0 Å². The molecule has 0 saturated carbocycles. The molecule has 66 heavy (non-hydrogen) atoms. The molecule has 2 unspecified atom stereocenters. The summed E-state index contributed by atoms with van der Waals surface area (Å²) in [5, 5.41) is 21.4. The van der Waals surface area contributed by atoms with Gasteiger partial charge in [0, 0.05) is 35.8 Å². The first kappa shape index (κ1) is 49.4. The van der Waals surface area contributed by atoms with Crippen LogP contribution in [-0.2, 0) is 35.5 Å². The molecule has 1 N–H and O–H groups in total. The van der Waals surface area contributed by atoms with Gasteiger partial charge in [0.2, 0.25) is 0 Å².